The van der Waals surface area contributed by atoms with Crippen molar-refractivity contribution in [3.05, 3.63) is 58.3 Å². The van der Waals surface area contributed by atoms with Crippen LogP contribution in [0.25, 0.3) is 0 Å². The molecule has 1 unspecified atom stereocenters. The first kappa shape index (κ1) is 13.1. The molecule has 0 saturated heterocycles. The number of hydrogen-bond donors (Lipinski definition) is 1. The van der Waals surface area contributed by atoms with Crippen LogP contribution in [0.4, 0.5) is 4.39 Å². The average Bonchev–Trinajstić information content (AvgIpc) is 2.77. The molecular weight excluding hydrogens is 253 g/mol. The highest BCUT2D eigenvalue weighted by Gasteiger charge is 2.21. The monoisotopic (exact) mass is 267 g/mol. The van der Waals surface area contributed by atoms with Gasteiger partial charge in [-0.2, -0.15) is 0 Å². The molecule has 1 aromatic carbocycles. The Morgan fingerprint density at radius 2 is 2.11 bits per heavy atom. The number of hydrogen-bond acceptors (Lipinski definition) is 2. The summed E-state index contributed by atoms with van der Waals surface area (Å²) < 4.78 is 19.6. The molecule has 2 rings (SSSR count). The minimum absolute atomic E-state index is 0.124. The Morgan fingerprint density at radius 3 is 2.72 bits per heavy atom. The van der Waals surface area contributed by atoms with Gasteiger partial charge in [-0.15, -0.1) is 0 Å². The molecule has 2 aromatic rings. The first-order valence-corrected chi connectivity index (χ1v) is 6.25. The van der Waals surface area contributed by atoms with Crippen LogP contribution in [0.2, 0.25) is 5.02 Å². The average molecular weight is 268 g/mol. The van der Waals surface area contributed by atoms with Crippen molar-refractivity contribution in [1.82, 2.24) is 5.32 Å². The fraction of sp³-hybridized carbons (Fsp3) is 0.286. The maximum absolute atomic E-state index is 14.1. The molecule has 0 spiro atoms. The molecule has 96 valence electrons. The summed E-state index contributed by atoms with van der Waals surface area (Å²) >= 11 is 5.82. The molecule has 0 fully saturated rings. The number of benzene rings is 1. The Balaban J connectivity index is 2.44. The molecule has 0 aliphatic heterocycles. The Morgan fingerprint density at radius 1 is 1.33 bits per heavy atom. The third-order valence-corrected chi connectivity index (χ3v) is 3.04. The van der Waals surface area contributed by atoms with Gasteiger partial charge in [0, 0.05) is 5.56 Å². The molecule has 1 aromatic heterocycles. The molecule has 0 aliphatic carbocycles. The van der Waals surface area contributed by atoms with Crippen molar-refractivity contribution in [2.24, 2.45) is 0 Å². The lowest BCUT2D eigenvalue weighted by Crippen LogP contribution is -2.22. The highest BCUT2D eigenvalue weighted by atomic mass is 35.5. The lowest BCUT2D eigenvalue weighted by atomic mass is 10.0. The fourth-order valence-electron chi connectivity index (χ4n) is 1.92. The molecule has 1 heterocycles. The van der Waals surface area contributed by atoms with Gasteiger partial charge < -0.3 is 9.73 Å². The Bertz CT molecular complexity index is 538. The van der Waals surface area contributed by atoms with E-state index in [1.54, 1.807) is 12.1 Å². The molecule has 4 heteroatoms. The zero-order chi connectivity index (χ0) is 13.1. The van der Waals surface area contributed by atoms with Crippen LogP contribution in [0.1, 0.15) is 30.0 Å². The van der Waals surface area contributed by atoms with E-state index in [4.69, 9.17) is 16.0 Å². The summed E-state index contributed by atoms with van der Waals surface area (Å²) in [4.78, 5) is 0. The van der Waals surface area contributed by atoms with E-state index in [0.29, 0.717) is 17.9 Å². The van der Waals surface area contributed by atoms with E-state index in [0.717, 1.165) is 5.76 Å². The lowest BCUT2D eigenvalue weighted by molar-refractivity contribution is 0.426. The van der Waals surface area contributed by atoms with Crippen molar-refractivity contribution in [3.8, 4) is 0 Å². The van der Waals surface area contributed by atoms with Crippen molar-refractivity contribution in [2.75, 3.05) is 6.54 Å². The van der Waals surface area contributed by atoms with Crippen molar-refractivity contribution >= 4 is 11.6 Å². The largest absolute Gasteiger partial charge is 0.464 e. The van der Waals surface area contributed by atoms with E-state index in [-0.39, 0.29) is 11.1 Å². The summed E-state index contributed by atoms with van der Waals surface area (Å²) in [6.07, 6.45) is 0. The van der Waals surface area contributed by atoms with Gasteiger partial charge in [0.05, 0.1) is 11.1 Å². The second-order valence-electron chi connectivity index (χ2n) is 4.08. The van der Waals surface area contributed by atoms with Crippen LogP contribution in [0, 0.1) is 12.7 Å². The van der Waals surface area contributed by atoms with Gasteiger partial charge in [-0.3, -0.25) is 0 Å². The first-order valence-electron chi connectivity index (χ1n) is 5.87. The quantitative estimate of drug-likeness (QED) is 0.903. The van der Waals surface area contributed by atoms with Crippen LogP contribution in [0.5, 0.6) is 0 Å². The number of rotatable bonds is 4. The minimum Gasteiger partial charge on any atom is -0.464 e. The summed E-state index contributed by atoms with van der Waals surface area (Å²) in [5, 5.41) is 3.33. The SMILES string of the molecule is CCNC(c1ccc(C)o1)c1cccc(Cl)c1F. The van der Waals surface area contributed by atoms with E-state index in [1.165, 1.54) is 6.07 Å². The minimum atomic E-state index is -0.404. The normalized spacial score (nSPS) is 12.7. The van der Waals surface area contributed by atoms with E-state index < -0.39 is 5.82 Å². The predicted molar refractivity (Wildman–Crippen MR) is 70.4 cm³/mol. The topological polar surface area (TPSA) is 25.2 Å². The maximum Gasteiger partial charge on any atom is 0.147 e. The standard InChI is InChI=1S/C14H15ClFNO/c1-3-17-14(12-8-7-9(2)18-12)10-5-4-6-11(15)13(10)16/h4-8,14,17H,3H2,1-2H3. The Labute approximate surface area is 111 Å². The van der Waals surface area contributed by atoms with Crippen LogP contribution in [-0.2, 0) is 0 Å². The van der Waals surface area contributed by atoms with Crippen molar-refractivity contribution in [2.45, 2.75) is 19.9 Å². The zero-order valence-electron chi connectivity index (χ0n) is 10.3. The Kier molecular flexibility index (Phi) is 4.04. The third kappa shape index (κ3) is 2.57. The molecule has 0 aliphatic rings. The van der Waals surface area contributed by atoms with Crippen LogP contribution in [0.3, 0.4) is 0 Å². The van der Waals surface area contributed by atoms with E-state index in [9.17, 15) is 4.39 Å². The lowest BCUT2D eigenvalue weighted by Gasteiger charge is -2.17. The van der Waals surface area contributed by atoms with Crippen molar-refractivity contribution < 1.29 is 8.81 Å². The van der Waals surface area contributed by atoms with Crippen LogP contribution >= 0.6 is 11.6 Å². The van der Waals surface area contributed by atoms with Crippen LogP contribution in [-0.4, -0.2) is 6.54 Å². The molecule has 0 amide bonds. The zero-order valence-corrected chi connectivity index (χ0v) is 11.1. The molecule has 1 atom stereocenters. The second-order valence-corrected chi connectivity index (χ2v) is 4.49. The summed E-state index contributed by atoms with van der Waals surface area (Å²) in [7, 11) is 0. The van der Waals surface area contributed by atoms with Gasteiger partial charge in [-0.25, -0.2) is 4.39 Å². The number of aryl methyl sites for hydroxylation is 1. The van der Waals surface area contributed by atoms with Gasteiger partial charge in [0.25, 0.3) is 0 Å². The molecule has 2 nitrogen and oxygen atoms in total. The molecular formula is C14H15ClFNO. The summed E-state index contributed by atoms with van der Waals surface area (Å²) in [6.45, 7) is 4.53. The fourth-order valence-corrected chi connectivity index (χ4v) is 2.10. The predicted octanol–water partition coefficient (Wildman–Crippen LogP) is 4.08. The molecule has 1 N–H and O–H groups in total. The van der Waals surface area contributed by atoms with Crippen LogP contribution in [0.15, 0.2) is 34.7 Å². The number of nitrogens with one attached hydrogen (secondary N) is 1. The van der Waals surface area contributed by atoms with E-state index in [2.05, 4.69) is 5.32 Å². The third-order valence-electron chi connectivity index (χ3n) is 2.75. The van der Waals surface area contributed by atoms with Gasteiger partial charge in [-0.05, 0) is 31.7 Å². The summed E-state index contributed by atoms with van der Waals surface area (Å²) in [6, 6.07) is 8.39. The highest BCUT2D eigenvalue weighted by Crippen LogP contribution is 2.29. The van der Waals surface area contributed by atoms with Crippen molar-refractivity contribution in [3.63, 3.8) is 0 Å². The van der Waals surface area contributed by atoms with Gasteiger partial charge in [-0.1, -0.05) is 30.7 Å². The van der Waals surface area contributed by atoms with E-state index >= 15 is 0 Å². The maximum atomic E-state index is 14.1. The van der Waals surface area contributed by atoms with Gasteiger partial charge in [0.1, 0.15) is 17.3 Å². The highest BCUT2D eigenvalue weighted by molar-refractivity contribution is 6.30. The number of furan rings is 1. The van der Waals surface area contributed by atoms with Crippen LogP contribution < -0.4 is 5.32 Å². The molecule has 0 saturated carbocycles. The molecule has 0 bridgehead atoms. The van der Waals surface area contributed by atoms with Gasteiger partial charge >= 0.3 is 0 Å². The summed E-state index contributed by atoms with van der Waals surface area (Å²) in [5.41, 5.74) is 0.499. The number of halogens is 2. The van der Waals surface area contributed by atoms with E-state index in [1.807, 2.05) is 26.0 Å². The molecule has 0 radical (unpaired) electrons. The van der Waals surface area contributed by atoms with Crippen molar-refractivity contribution in [1.29, 1.82) is 0 Å². The Hall–Kier alpha value is -1.32. The summed E-state index contributed by atoms with van der Waals surface area (Å²) in [5.74, 6) is 1.09. The first-order chi connectivity index (χ1) is 8.63. The molecule has 18 heavy (non-hydrogen) atoms. The smallest absolute Gasteiger partial charge is 0.147 e. The van der Waals surface area contributed by atoms with Gasteiger partial charge in [0.2, 0.25) is 0 Å². The van der Waals surface area contributed by atoms with Gasteiger partial charge in [0.15, 0.2) is 0 Å². The second kappa shape index (κ2) is 5.55.